The smallest absolute Gasteiger partial charge is 0.251 e. The second-order valence-electron chi connectivity index (χ2n) is 7.64. The lowest BCUT2D eigenvalue weighted by molar-refractivity contribution is -0.134. The third-order valence-corrected chi connectivity index (χ3v) is 7.00. The summed E-state index contributed by atoms with van der Waals surface area (Å²) in [5, 5.41) is 2.83. The van der Waals surface area contributed by atoms with E-state index in [1.807, 2.05) is 27.7 Å². The number of carbonyl (C=O) groups excluding carboxylic acids is 2. The fourth-order valence-electron chi connectivity index (χ4n) is 3.32. The van der Waals surface area contributed by atoms with Crippen molar-refractivity contribution in [3.8, 4) is 0 Å². The van der Waals surface area contributed by atoms with E-state index in [1.165, 1.54) is 16.4 Å². The molecule has 0 radical (unpaired) electrons. The van der Waals surface area contributed by atoms with E-state index in [4.69, 9.17) is 0 Å². The molecule has 0 spiro atoms. The number of carbonyl (C=O) groups is 2. The molecule has 1 N–H and O–H groups in total. The SMILES string of the molecule is CCCN(CCC)C(=O)[C@@H](NC(=O)c1cccc(S(=O)(=O)N(CC)CC)c1)C(C)C. The van der Waals surface area contributed by atoms with Crippen LogP contribution in [0.4, 0.5) is 0 Å². The molecule has 8 heteroatoms. The highest BCUT2D eigenvalue weighted by Crippen LogP contribution is 2.18. The average molecular weight is 440 g/mol. The van der Waals surface area contributed by atoms with Crippen LogP contribution in [0.1, 0.15) is 64.7 Å². The van der Waals surface area contributed by atoms with Crippen LogP contribution in [-0.4, -0.2) is 61.7 Å². The predicted octanol–water partition coefficient (Wildman–Crippen LogP) is 3.12. The van der Waals surface area contributed by atoms with Gasteiger partial charge in [-0.3, -0.25) is 9.59 Å². The average Bonchev–Trinajstić information content (AvgIpc) is 2.71. The van der Waals surface area contributed by atoms with Gasteiger partial charge in [0.05, 0.1) is 4.90 Å². The first-order valence-corrected chi connectivity index (χ1v) is 12.3. The third-order valence-electron chi connectivity index (χ3n) is 4.96. The van der Waals surface area contributed by atoms with Crippen LogP contribution in [0, 0.1) is 5.92 Å². The van der Waals surface area contributed by atoms with E-state index in [9.17, 15) is 18.0 Å². The number of amides is 2. The molecule has 0 aromatic heterocycles. The monoisotopic (exact) mass is 439 g/mol. The summed E-state index contributed by atoms with van der Waals surface area (Å²) in [5.74, 6) is -0.652. The number of nitrogens with one attached hydrogen (secondary N) is 1. The van der Waals surface area contributed by atoms with E-state index in [2.05, 4.69) is 5.32 Å². The van der Waals surface area contributed by atoms with Crippen molar-refractivity contribution in [2.45, 2.75) is 65.3 Å². The molecular formula is C22H37N3O4S. The Morgan fingerprint density at radius 1 is 1.00 bits per heavy atom. The van der Waals surface area contributed by atoms with Gasteiger partial charge in [0.15, 0.2) is 0 Å². The molecule has 1 rings (SSSR count). The van der Waals surface area contributed by atoms with Gasteiger partial charge < -0.3 is 10.2 Å². The normalized spacial score (nSPS) is 12.8. The summed E-state index contributed by atoms with van der Waals surface area (Å²) in [6.45, 7) is 13.3. The number of hydrogen-bond donors (Lipinski definition) is 1. The fraction of sp³-hybridized carbons (Fsp3) is 0.636. The maximum Gasteiger partial charge on any atom is 0.251 e. The minimum absolute atomic E-state index is 0.0739. The Morgan fingerprint density at radius 3 is 2.03 bits per heavy atom. The second-order valence-corrected chi connectivity index (χ2v) is 9.58. The summed E-state index contributed by atoms with van der Waals surface area (Å²) in [5.41, 5.74) is 0.221. The molecule has 0 aliphatic rings. The Kier molecular flexibility index (Phi) is 10.5. The van der Waals surface area contributed by atoms with E-state index >= 15 is 0 Å². The summed E-state index contributed by atoms with van der Waals surface area (Å²) in [4.78, 5) is 27.8. The largest absolute Gasteiger partial charge is 0.341 e. The first-order valence-electron chi connectivity index (χ1n) is 10.8. The number of benzene rings is 1. The van der Waals surface area contributed by atoms with Gasteiger partial charge in [0.2, 0.25) is 15.9 Å². The first kappa shape index (κ1) is 26.1. The first-order chi connectivity index (χ1) is 14.1. The molecule has 0 aliphatic carbocycles. The number of hydrogen-bond acceptors (Lipinski definition) is 4. The summed E-state index contributed by atoms with van der Waals surface area (Å²) in [7, 11) is -3.67. The van der Waals surface area contributed by atoms with E-state index in [1.54, 1.807) is 30.9 Å². The molecule has 0 heterocycles. The maximum absolute atomic E-state index is 13.0. The van der Waals surface area contributed by atoms with Gasteiger partial charge in [0.1, 0.15) is 6.04 Å². The molecule has 2 amide bonds. The molecule has 30 heavy (non-hydrogen) atoms. The Balaban J connectivity index is 3.13. The third kappa shape index (κ3) is 6.54. The lowest BCUT2D eigenvalue weighted by Crippen LogP contribution is -2.51. The van der Waals surface area contributed by atoms with Crippen LogP contribution in [0.15, 0.2) is 29.2 Å². The number of nitrogens with zero attached hydrogens (tertiary/aromatic N) is 2. The lowest BCUT2D eigenvalue weighted by Gasteiger charge is -2.29. The molecule has 0 bridgehead atoms. The minimum atomic E-state index is -3.67. The highest BCUT2D eigenvalue weighted by Gasteiger charge is 2.29. The molecule has 0 aliphatic heterocycles. The van der Waals surface area contributed by atoms with Crippen LogP contribution in [0.2, 0.25) is 0 Å². The van der Waals surface area contributed by atoms with Crippen molar-refractivity contribution in [3.63, 3.8) is 0 Å². The molecule has 0 saturated carbocycles. The van der Waals surface area contributed by atoms with Crippen LogP contribution in [0.5, 0.6) is 0 Å². The van der Waals surface area contributed by atoms with Crippen LogP contribution in [0.25, 0.3) is 0 Å². The molecule has 0 saturated heterocycles. The Bertz CT molecular complexity index is 798. The van der Waals surface area contributed by atoms with Crippen molar-refractivity contribution in [2.24, 2.45) is 5.92 Å². The Labute approximate surface area is 181 Å². The van der Waals surface area contributed by atoms with Crippen molar-refractivity contribution in [3.05, 3.63) is 29.8 Å². The van der Waals surface area contributed by atoms with Gasteiger partial charge in [0, 0.05) is 31.7 Å². The highest BCUT2D eigenvalue weighted by atomic mass is 32.2. The molecule has 0 unspecified atom stereocenters. The van der Waals surface area contributed by atoms with Gasteiger partial charge in [-0.2, -0.15) is 4.31 Å². The lowest BCUT2D eigenvalue weighted by atomic mass is 10.0. The predicted molar refractivity (Wildman–Crippen MR) is 120 cm³/mol. The zero-order valence-electron chi connectivity index (χ0n) is 19.1. The van der Waals surface area contributed by atoms with Crippen molar-refractivity contribution >= 4 is 21.8 Å². The van der Waals surface area contributed by atoms with Gasteiger partial charge in [-0.05, 0) is 37.0 Å². The minimum Gasteiger partial charge on any atom is -0.341 e. The molecule has 0 fully saturated rings. The van der Waals surface area contributed by atoms with E-state index < -0.39 is 22.0 Å². The zero-order chi connectivity index (χ0) is 22.9. The van der Waals surface area contributed by atoms with Gasteiger partial charge >= 0.3 is 0 Å². The van der Waals surface area contributed by atoms with E-state index in [-0.39, 0.29) is 22.3 Å². The molecule has 170 valence electrons. The van der Waals surface area contributed by atoms with Crippen molar-refractivity contribution in [1.82, 2.24) is 14.5 Å². The molecular weight excluding hydrogens is 402 g/mol. The van der Waals surface area contributed by atoms with Crippen molar-refractivity contribution in [2.75, 3.05) is 26.2 Å². The molecule has 7 nitrogen and oxygen atoms in total. The zero-order valence-corrected chi connectivity index (χ0v) is 20.0. The molecule has 1 aromatic rings. The fourth-order valence-corrected chi connectivity index (χ4v) is 4.82. The summed E-state index contributed by atoms with van der Waals surface area (Å²) >= 11 is 0. The van der Waals surface area contributed by atoms with E-state index in [0.29, 0.717) is 26.2 Å². The van der Waals surface area contributed by atoms with Crippen LogP contribution >= 0.6 is 0 Å². The van der Waals surface area contributed by atoms with Crippen molar-refractivity contribution < 1.29 is 18.0 Å². The molecule has 1 aromatic carbocycles. The standard InChI is InChI=1S/C22H37N3O4S/c1-7-14-24(15-8-2)22(27)20(17(5)6)23-21(26)18-12-11-13-19(16-18)30(28,29)25(9-3)10-4/h11-13,16-17,20H,7-10,14-15H2,1-6H3,(H,23,26)/t20-/m0/s1. The van der Waals surface area contributed by atoms with Gasteiger partial charge in [0.25, 0.3) is 5.91 Å². The number of sulfonamides is 1. The summed E-state index contributed by atoms with van der Waals surface area (Å²) < 4.78 is 26.9. The maximum atomic E-state index is 13.0. The van der Waals surface area contributed by atoms with Gasteiger partial charge in [-0.25, -0.2) is 8.42 Å². The molecule has 1 atom stereocenters. The van der Waals surface area contributed by atoms with E-state index in [0.717, 1.165) is 12.8 Å². The topological polar surface area (TPSA) is 86.8 Å². The highest BCUT2D eigenvalue weighted by molar-refractivity contribution is 7.89. The summed E-state index contributed by atoms with van der Waals surface area (Å²) in [6, 6.07) is 5.31. The van der Waals surface area contributed by atoms with Gasteiger partial charge in [-0.1, -0.05) is 47.6 Å². The van der Waals surface area contributed by atoms with Crippen LogP contribution in [0.3, 0.4) is 0 Å². The summed E-state index contributed by atoms with van der Waals surface area (Å²) in [6.07, 6.45) is 1.69. The quantitative estimate of drug-likeness (QED) is 0.542. The van der Waals surface area contributed by atoms with Crippen LogP contribution in [-0.2, 0) is 14.8 Å². The Hall–Kier alpha value is -1.93. The van der Waals surface area contributed by atoms with Crippen LogP contribution < -0.4 is 5.32 Å². The van der Waals surface area contributed by atoms with Gasteiger partial charge in [-0.15, -0.1) is 0 Å². The Morgan fingerprint density at radius 2 is 1.57 bits per heavy atom. The van der Waals surface area contributed by atoms with Crippen molar-refractivity contribution in [1.29, 1.82) is 0 Å². The second kappa shape index (κ2) is 12.1. The number of rotatable bonds is 12.